The molecule has 0 saturated carbocycles. The number of hydrogen-bond acceptors (Lipinski definition) is 11. The Morgan fingerprint density at radius 1 is 0.960 bits per heavy atom. The molecule has 1 aliphatic heterocycles. The fourth-order valence-corrected chi connectivity index (χ4v) is 6.72. The van der Waals surface area contributed by atoms with Gasteiger partial charge in [-0.25, -0.2) is 19.4 Å². The van der Waals surface area contributed by atoms with Crippen molar-refractivity contribution in [2.45, 2.75) is 33.4 Å². The molecule has 1 aromatic heterocycles. The highest BCUT2D eigenvalue weighted by molar-refractivity contribution is 9.10. The van der Waals surface area contributed by atoms with Crippen molar-refractivity contribution in [3.63, 3.8) is 0 Å². The number of hydrogen-bond donors (Lipinski definition) is 1. The average Bonchev–Trinajstić information content (AvgIpc) is 3.40. The lowest BCUT2D eigenvalue weighted by Crippen LogP contribution is -2.40. The Labute approximate surface area is 299 Å². The Hall–Kier alpha value is -5.21. The smallest absolute Gasteiger partial charge is 0.343 e. The minimum Gasteiger partial charge on any atom is -0.490 e. The number of carbonyl (C=O) groups excluding carboxylic acids is 2. The van der Waals surface area contributed by atoms with Gasteiger partial charge in [0.15, 0.2) is 22.9 Å². The van der Waals surface area contributed by atoms with E-state index in [4.69, 9.17) is 24.1 Å². The van der Waals surface area contributed by atoms with Gasteiger partial charge in [0.25, 0.3) is 5.56 Å². The molecule has 0 saturated heterocycles. The van der Waals surface area contributed by atoms with Gasteiger partial charge in [0.2, 0.25) is 0 Å². The van der Waals surface area contributed by atoms with Crippen LogP contribution in [0.5, 0.6) is 17.2 Å². The van der Waals surface area contributed by atoms with Crippen molar-refractivity contribution in [1.82, 2.24) is 4.57 Å². The fourth-order valence-electron chi connectivity index (χ4n) is 5.16. The minimum absolute atomic E-state index is 0.128. The molecule has 12 nitrogen and oxygen atoms in total. The van der Waals surface area contributed by atoms with E-state index in [0.29, 0.717) is 54.5 Å². The van der Waals surface area contributed by atoms with Gasteiger partial charge in [-0.15, -0.1) is 0 Å². The molecule has 0 unspecified atom stereocenters. The van der Waals surface area contributed by atoms with E-state index < -0.39 is 23.9 Å². The van der Waals surface area contributed by atoms with Crippen molar-refractivity contribution in [3.8, 4) is 17.2 Å². The predicted molar refractivity (Wildman–Crippen MR) is 187 cm³/mol. The van der Waals surface area contributed by atoms with Crippen LogP contribution in [-0.4, -0.2) is 54.5 Å². The highest BCUT2D eigenvalue weighted by Crippen LogP contribution is 2.36. The lowest BCUT2D eigenvalue weighted by atomic mass is 9.95. The van der Waals surface area contributed by atoms with E-state index in [0.717, 1.165) is 5.56 Å². The first-order valence-corrected chi connectivity index (χ1v) is 17.1. The molecular weight excluding hydrogens is 732 g/mol. The van der Waals surface area contributed by atoms with Crippen molar-refractivity contribution in [2.75, 3.05) is 26.9 Å². The Balaban J connectivity index is 1.51. The lowest BCUT2D eigenvalue weighted by Gasteiger charge is -2.25. The van der Waals surface area contributed by atoms with Crippen molar-refractivity contribution in [2.24, 2.45) is 4.99 Å². The van der Waals surface area contributed by atoms with E-state index in [9.17, 15) is 19.2 Å². The normalized spacial score (nSPS) is 14.0. The summed E-state index contributed by atoms with van der Waals surface area (Å²) in [6.45, 7) is 5.51. The van der Waals surface area contributed by atoms with E-state index in [1.807, 2.05) is 6.07 Å². The van der Waals surface area contributed by atoms with Crippen molar-refractivity contribution in [3.05, 3.63) is 118 Å². The van der Waals surface area contributed by atoms with Crippen LogP contribution in [0.2, 0.25) is 0 Å². The molecule has 3 aromatic carbocycles. The van der Waals surface area contributed by atoms with Gasteiger partial charge in [-0.05, 0) is 95.9 Å². The third kappa shape index (κ3) is 7.98. The molecule has 2 heterocycles. The molecule has 1 aliphatic rings. The summed E-state index contributed by atoms with van der Waals surface area (Å²) in [6, 6.07) is 15.9. The number of rotatable bonds is 13. The molecule has 14 heteroatoms. The molecule has 1 N–H and O–H groups in total. The van der Waals surface area contributed by atoms with E-state index in [-0.39, 0.29) is 36.5 Å². The second-order valence-corrected chi connectivity index (χ2v) is 12.7. The molecule has 0 fully saturated rings. The number of benzene rings is 3. The van der Waals surface area contributed by atoms with Crippen LogP contribution in [0, 0.1) is 0 Å². The summed E-state index contributed by atoms with van der Waals surface area (Å²) in [5, 5.41) is 9.11. The third-order valence-corrected chi connectivity index (χ3v) is 9.13. The Kier molecular flexibility index (Phi) is 11.5. The molecule has 0 bridgehead atoms. The van der Waals surface area contributed by atoms with Crippen LogP contribution >= 0.6 is 27.3 Å². The molecule has 4 aromatic rings. The molecule has 0 radical (unpaired) electrons. The number of carboxylic acids is 1. The SMILES string of the molecule is CCOC(=O)C1=C(C)N=c2s/c(=C\c3ccc(OCc4ccc(C(=O)O)cc4)c(Br)c3)c(=O)n2[C@H]1c1ccc(OCC(=O)OC)c(OCC)c1. The van der Waals surface area contributed by atoms with Gasteiger partial charge in [0, 0.05) is 0 Å². The van der Waals surface area contributed by atoms with Crippen LogP contribution in [0.4, 0.5) is 0 Å². The molecule has 0 amide bonds. The van der Waals surface area contributed by atoms with E-state index in [2.05, 4.69) is 25.7 Å². The monoisotopic (exact) mass is 764 g/mol. The van der Waals surface area contributed by atoms with Crippen LogP contribution in [-0.2, 0) is 25.7 Å². The minimum atomic E-state index is -0.998. The Morgan fingerprint density at radius 2 is 1.70 bits per heavy atom. The summed E-state index contributed by atoms with van der Waals surface area (Å²) < 4.78 is 30.0. The molecule has 0 aliphatic carbocycles. The van der Waals surface area contributed by atoms with Gasteiger partial charge in [-0.3, -0.25) is 9.36 Å². The summed E-state index contributed by atoms with van der Waals surface area (Å²) in [5.41, 5.74) is 2.51. The van der Waals surface area contributed by atoms with Gasteiger partial charge in [-0.2, -0.15) is 0 Å². The van der Waals surface area contributed by atoms with Gasteiger partial charge < -0.3 is 28.8 Å². The Bertz CT molecular complexity index is 2150. The maximum atomic E-state index is 14.1. The Morgan fingerprint density at radius 3 is 2.36 bits per heavy atom. The number of aromatic nitrogens is 1. The third-order valence-electron chi connectivity index (χ3n) is 7.52. The van der Waals surface area contributed by atoms with Crippen LogP contribution in [0.1, 0.15) is 53.9 Å². The number of ether oxygens (including phenoxy) is 5. The van der Waals surface area contributed by atoms with Gasteiger partial charge in [0.1, 0.15) is 12.4 Å². The first-order valence-electron chi connectivity index (χ1n) is 15.4. The number of methoxy groups -OCH3 is 1. The summed E-state index contributed by atoms with van der Waals surface area (Å²) in [7, 11) is 1.26. The number of thiazole rings is 1. The molecular formula is C36H33BrN2O10S. The van der Waals surface area contributed by atoms with Crippen molar-refractivity contribution >= 4 is 51.3 Å². The predicted octanol–water partition coefficient (Wildman–Crippen LogP) is 4.79. The summed E-state index contributed by atoms with van der Waals surface area (Å²) in [6.07, 6.45) is 1.73. The number of carbonyl (C=O) groups is 3. The fraction of sp³-hybridized carbons (Fsp3) is 0.250. The first-order chi connectivity index (χ1) is 24.0. The molecule has 1 atom stereocenters. The van der Waals surface area contributed by atoms with Crippen LogP contribution in [0.15, 0.2) is 86.2 Å². The van der Waals surface area contributed by atoms with Gasteiger partial charge in [0.05, 0.1) is 52.2 Å². The number of carboxylic acid groups (broad SMARTS) is 1. The molecule has 5 rings (SSSR count). The number of nitrogens with zero attached hydrogens (tertiary/aromatic N) is 2. The standard InChI is InChI=1S/C36H33BrN2O10S/c1-5-46-28-17-24(12-14-27(28)49-19-30(40)45-4)32-31(35(44)47-6-2)20(3)38-36-39(32)33(41)29(50-36)16-22-9-13-26(25(37)15-22)48-18-21-7-10-23(11-8-21)34(42)43/h7-17,32H,5-6,18-19H2,1-4H3,(H,42,43)/b29-16-/t32-/m0/s1. The van der Waals surface area contributed by atoms with Crippen LogP contribution in [0.25, 0.3) is 6.08 Å². The summed E-state index contributed by atoms with van der Waals surface area (Å²) in [5.74, 6) is -0.994. The van der Waals surface area contributed by atoms with Crippen LogP contribution in [0.3, 0.4) is 0 Å². The topological polar surface area (TPSA) is 152 Å². The number of aromatic carboxylic acids is 1. The zero-order chi connectivity index (χ0) is 35.9. The van der Waals surface area contributed by atoms with Crippen LogP contribution < -0.4 is 29.1 Å². The first kappa shape index (κ1) is 36.1. The average molecular weight is 766 g/mol. The van der Waals surface area contributed by atoms with Crippen molar-refractivity contribution < 1.29 is 43.2 Å². The molecule has 50 heavy (non-hydrogen) atoms. The number of allylic oxidation sites excluding steroid dienone is 1. The zero-order valence-electron chi connectivity index (χ0n) is 27.6. The molecule has 0 spiro atoms. The number of fused-ring (bicyclic) bond motifs is 1. The van der Waals surface area contributed by atoms with Gasteiger partial charge >= 0.3 is 17.9 Å². The summed E-state index contributed by atoms with van der Waals surface area (Å²) in [4.78, 5) is 55.3. The lowest BCUT2D eigenvalue weighted by molar-refractivity contribution is -0.143. The summed E-state index contributed by atoms with van der Waals surface area (Å²) >= 11 is 4.73. The number of esters is 2. The van der Waals surface area contributed by atoms with E-state index in [1.165, 1.54) is 35.1 Å². The highest BCUT2D eigenvalue weighted by Gasteiger charge is 2.34. The largest absolute Gasteiger partial charge is 0.490 e. The van der Waals surface area contributed by atoms with Crippen molar-refractivity contribution in [1.29, 1.82) is 0 Å². The van der Waals surface area contributed by atoms with E-state index >= 15 is 0 Å². The quantitative estimate of drug-likeness (QED) is 0.188. The maximum Gasteiger partial charge on any atom is 0.343 e. The van der Waals surface area contributed by atoms with Gasteiger partial charge in [-0.1, -0.05) is 35.6 Å². The zero-order valence-corrected chi connectivity index (χ0v) is 30.0. The molecule has 260 valence electrons. The highest BCUT2D eigenvalue weighted by atomic mass is 79.9. The van der Waals surface area contributed by atoms with E-state index in [1.54, 1.807) is 69.3 Å². The number of halogens is 1. The second-order valence-electron chi connectivity index (χ2n) is 10.8. The second kappa shape index (κ2) is 16.0. The maximum absolute atomic E-state index is 14.1.